The van der Waals surface area contributed by atoms with Gasteiger partial charge in [0.15, 0.2) is 5.65 Å². The summed E-state index contributed by atoms with van der Waals surface area (Å²) in [5.74, 6) is -1.01. The van der Waals surface area contributed by atoms with Crippen LogP contribution in [0.25, 0.3) is 5.65 Å². The van der Waals surface area contributed by atoms with Gasteiger partial charge >= 0.3 is 5.97 Å². The van der Waals surface area contributed by atoms with Crippen LogP contribution < -0.4 is 0 Å². The van der Waals surface area contributed by atoms with Gasteiger partial charge in [-0.05, 0) is 11.0 Å². The molecule has 0 unspecified atom stereocenters. The Morgan fingerprint density at radius 2 is 2.06 bits per heavy atom. The highest BCUT2D eigenvalue weighted by Gasteiger charge is 2.17. The Kier molecular flexibility index (Phi) is 2.18. The van der Waals surface area contributed by atoms with Crippen molar-refractivity contribution in [3.8, 4) is 0 Å². The molecule has 0 aliphatic carbocycles. The van der Waals surface area contributed by atoms with Crippen molar-refractivity contribution >= 4 is 11.6 Å². The predicted octanol–water partition coefficient (Wildman–Crippen LogP) is 1.72. The fourth-order valence-corrected chi connectivity index (χ4v) is 1.41. The Balaban J connectivity index is 2.62. The topological polar surface area (TPSA) is 67.5 Å². The van der Waals surface area contributed by atoms with Crippen LogP contribution in [0.2, 0.25) is 0 Å². The third kappa shape index (κ3) is 1.64. The molecule has 0 radical (unpaired) electrons. The maximum absolute atomic E-state index is 10.9. The molecule has 0 fully saturated rings. The molecule has 0 saturated heterocycles. The van der Waals surface area contributed by atoms with Gasteiger partial charge in [0, 0.05) is 12.4 Å². The summed E-state index contributed by atoms with van der Waals surface area (Å²) in [5.41, 5.74) is 1.48. The van der Waals surface area contributed by atoms with Crippen LogP contribution in [0.4, 0.5) is 0 Å². The van der Waals surface area contributed by atoms with Crippen LogP contribution in [0.5, 0.6) is 0 Å². The smallest absolute Gasteiger partial charge is 0.341 e. The molecule has 2 aromatic rings. The number of aromatic carboxylic acids is 1. The van der Waals surface area contributed by atoms with Crippen molar-refractivity contribution in [2.24, 2.45) is 0 Å². The number of carbonyl (C=O) groups is 1. The predicted molar refractivity (Wildman–Crippen MR) is 58.6 cm³/mol. The average Bonchev–Trinajstić information content (AvgIpc) is 2.58. The molecule has 5 nitrogen and oxygen atoms in total. The van der Waals surface area contributed by atoms with E-state index in [9.17, 15) is 4.79 Å². The first kappa shape index (κ1) is 10.6. The molecule has 16 heavy (non-hydrogen) atoms. The van der Waals surface area contributed by atoms with E-state index in [4.69, 9.17) is 5.11 Å². The first-order chi connectivity index (χ1) is 7.39. The van der Waals surface area contributed by atoms with Crippen LogP contribution in [0.1, 0.15) is 36.7 Å². The van der Waals surface area contributed by atoms with Gasteiger partial charge in [0.2, 0.25) is 0 Å². The zero-order valence-corrected chi connectivity index (χ0v) is 9.43. The summed E-state index contributed by atoms with van der Waals surface area (Å²) in [6.45, 7) is 6.20. The maximum Gasteiger partial charge on any atom is 0.341 e. The van der Waals surface area contributed by atoms with Crippen LogP contribution >= 0.6 is 0 Å². The normalized spacial score (nSPS) is 11.9. The molecule has 2 aromatic heterocycles. The number of nitrogens with zero attached hydrogens (tertiary/aromatic N) is 3. The minimum absolute atomic E-state index is 0.0312. The third-order valence-corrected chi connectivity index (χ3v) is 2.45. The number of fused-ring (bicyclic) bond motifs is 1. The highest BCUT2D eigenvalue weighted by atomic mass is 16.4. The molecule has 0 aliphatic rings. The van der Waals surface area contributed by atoms with Crippen molar-refractivity contribution in [1.82, 2.24) is 14.6 Å². The van der Waals surface area contributed by atoms with Gasteiger partial charge in [-0.25, -0.2) is 14.3 Å². The van der Waals surface area contributed by atoms with E-state index >= 15 is 0 Å². The molecule has 5 heteroatoms. The van der Waals surface area contributed by atoms with E-state index in [-0.39, 0.29) is 11.0 Å². The quantitative estimate of drug-likeness (QED) is 0.793. The summed E-state index contributed by atoms with van der Waals surface area (Å²) in [7, 11) is 0. The highest BCUT2D eigenvalue weighted by Crippen LogP contribution is 2.21. The summed E-state index contributed by atoms with van der Waals surface area (Å²) >= 11 is 0. The summed E-state index contributed by atoms with van der Waals surface area (Å²) in [6.07, 6.45) is 4.83. The molecular weight excluding hydrogens is 206 g/mol. The van der Waals surface area contributed by atoms with Crippen LogP contribution in [-0.4, -0.2) is 25.7 Å². The number of hydrogen-bond acceptors (Lipinski definition) is 3. The Morgan fingerprint density at radius 3 is 2.62 bits per heavy atom. The Hall–Kier alpha value is -1.91. The molecule has 0 atom stereocenters. The van der Waals surface area contributed by atoms with Crippen LogP contribution in [0, 0.1) is 0 Å². The lowest BCUT2D eigenvalue weighted by Crippen LogP contribution is -2.13. The van der Waals surface area contributed by atoms with Gasteiger partial charge in [0.05, 0.1) is 6.20 Å². The van der Waals surface area contributed by atoms with E-state index in [0.29, 0.717) is 5.65 Å². The van der Waals surface area contributed by atoms with Crippen LogP contribution in [0.3, 0.4) is 0 Å². The summed E-state index contributed by atoms with van der Waals surface area (Å²) in [6, 6.07) is 0. The number of aromatic nitrogens is 3. The van der Waals surface area contributed by atoms with Crippen molar-refractivity contribution in [1.29, 1.82) is 0 Å². The van der Waals surface area contributed by atoms with E-state index < -0.39 is 5.97 Å². The lowest BCUT2D eigenvalue weighted by molar-refractivity contribution is 0.0699. The molecular formula is C11H13N3O2. The fraction of sp³-hybridized carbons (Fsp3) is 0.364. The number of hydrogen-bond donors (Lipinski definition) is 1. The van der Waals surface area contributed by atoms with Crippen LogP contribution in [0.15, 0.2) is 18.6 Å². The first-order valence-corrected chi connectivity index (χ1v) is 4.97. The zero-order valence-electron chi connectivity index (χ0n) is 9.43. The second-order valence-electron chi connectivity index (χ2n) is 4.72. The summed E-state index contributed by atoms with van der Waals surface area (Å²) in [4.78, 5) is 15.0. The van der Waals surface area contributed by atoms with Crippen LogP contribution in [-0.2, 0) is 5.41 Å². The monoisotopic (exact) mass is 219 g/mol. The largest absolute Gasteiger partial charge is 0.477 e. The summed E-state index contributed by atoms with van der Waals surface area (Å²) in [5, 5.41) is 12.9. The molecule has 2 rings (SSSR count). The lowest BCUT2D eigenvalue weighted by Gasteiger charge is -2.17. The van der Waals surface area contributed by atoms with E-state index in [1.165, 1.54) is 10.7 Å². The molecule has 0 aromatic carbocycles. The van der Waals surface area contributed by atoms with Gasteiger partial charge in [0.25, 0.3) is 0 Å². The number of carboxylic acids is 1. The van der Waals surface area contributed by atoms with Gasteiger partial charge in [-0.15, -0.1) is 0 Å². The highest BCUT2D eigenvalue weighted by molar-refractivity contribution is 5.93. The zero-order chi connectivity index (χ0) is 11.9. The van der Waals surface area contributed by atoms with Crippen molar-refractivity contribution in [2.45, 2.75) is 26.2 Å². The standard InChI is InChI=1S/C11H13N3O2/c1-11(2,3)7-4-12-9-8(10(15)16)5-13-14(9)6-7/h4-6H,1-3H3,(H,15,16). The van der Waals surface area contributed by atoms with E-state index in [0.717, 1.165) is 5.56 Å². The molecule has 0 bridgehead atoms. The van der Waals surface area contributed by atoms with E-state index in [2.05, 4.69) is 30.9 Å². The molecule has 0 amide bonds. The third-order valence-electron chi connectivity index (χ3n) is 2.45. The van der Waals surface area contributed by atoms with Gasteiger partial charge in [-0.2, -0.15) is 5.10 Å². The Bertz CT molecular complexity index is 552. The van der Waals surface area contributed by atoms with Gasteiger partial charge in [-0.1, -0.05) is 20.8 Å². The minimum Gasteiger partial charge on any atom is -0.477 e. The van der Waals surface area contributed by atoms with E-state index in [1.54, 1.807) is 6.20 Å². The van der Waals surface area contributed by atoms with Crippen molar-refractivity contribution in [3.63, 3.8) is 0 Å². The molecule has 0 spiro atoms. The Labute approximate surface area is 92.7 Å². The van der Waals surface area contributed by atoms with Crippen molar-refractivity contribution < 1.29 is 9.90 Å². The minimum atomic E-state index is -1.01. The summed E-state index contributed by atoms with van der Waals surface area (Å²) < 4.78 is 1.50. The van der Waals surface area contributed by atoms with Gasteiger partial charge in [0.1, 0.15) is 5.56 Å². The number of rotatable bonds is 1. The van der Waals surface area contributed by atoms with Gasteiger partial charge < -0.3 is 5.11 Å². The number of carboxylic acid groups (broad SMARTS) is 1. The molecule has 0 aliphatic heterocycles. The van der Waals surface area contributed by atoms with Crippen molar-refractivity contribution in [3.05, 3.63) is 29.7 Å². The fourth-order valence-electron chi connectivity index (χ4n) is 1.41. The molecule has 0 saturated carbocycles. The molecule has 84 valence electrons. The molecule has 2 heterocycles. The second kappa shape index (κ2) is 3.30. The Morgan fingerprint density at radius 1 is 1.38 bits per heavy atom. The van der Waals surface area contributed by atoms with E-state index in [1.807, 2.05) is 6.20 Å². The maximum atomic E-state index is 10.9. The lowest BCUT2D eigenvalue weighted by atomic mass is 9.89. The first-order valence-electron chi connectivity index (χ1n) is 4.97. The SMILES string of the molecule is CC(C)(C)c1cnc2c(C(=O)O)cnn2c1. The average molecular weight is 219 g/mol. The van der Waals surface area contributed by atoms with Gasteiger partial charge in [-0.3, -0.25) is 0 Å². The molecule has 1 N–H and O–H groups in total. The second-order valence-corrected chi connectivity index (χ2v) is 4.72. The van der Waals surface area contributed by atoms with Crippen molar-refractivity contribution in [2.75, 3.05) is 0 Å².